The molecule has 1 aliphatic rings. The molecule has 0 radical (unpaired) electrons. The summed E-state index contributed by atoms with van der Waals surface area (Å²) in [6.45, 7) is 8.84. The van der Waals surface area contributed by atoms with Gasteiger partial charge >= 0.3 is 5.97 Å². The van der Waals surface area contributed by atoms with Crippen molar-refractivity contribution in [2.75, 3.05) is 6.61 Å². The van der Waals surface area contributed by atoms with Crippen molar-refractivity contribution in [1.82, 2.24) is 15.0 Å². The van der Waals surface area contributed by atoms with Crippen molar-refractivity contribution >= 4 is 30.7 Å². The number of ketones is 1. The Hall–Kier alpha value is -2.35. The molecule has 7 nitrogen and oxygen atoms in total. The zero-order chi connectivity index (χ0) is 21.2. The predicted molar refractivity (Wildman–Crippen MR) is 113 cm³/mol. The summed E-state index contributed by atoms with van der Waals surface area (Å²) in [5.74, 6) is -1.39. The summed E-state index contributed by atoms with van der Waals surface area (Å²) in [5, 5.41) is 8.67. The van der Waals surface area contributed by atoms with Crippen molar-refractivity contribution in [2.45, 2.75) is 52.0 Å². The molecule has 0 unspecified atom stereocenters. The van der Waals surface area contributed by atoms with Crippen LogP contribution >= 0.6 is 0 Å². The number of Topliss-reactive ketones (excluding diaryl/α,β-unsaturated/α-hetero) is 1. The maximum absolute atomic E-state index is 12.9. The van der Waals surface area contributed by atoms with E-state index in [2.05, 4.69) is 30.0 Å². The van der Waals surface area contributed by atoms with Crippen LogP contribution in [0.4, 0.5) is 0 Å². The van der Waals surface area contributed by atoms with E-state index in [1.165, 1.54) is 11.6 Å². The molecule has 1 fully saturated rings. The van der Waals surface area contributed by atoms with Crippen LogP contribution in [0.25, 0.3) is 10.9 Å². The molecule has 1 aromatic carbocycles. The lowest BCUT2D eigenvalue weighted by molar-refractivity contribution is -0.153. The quantitative estimate of drug-likeness (QED) is 0.510. The van der Waals surface area contributed by atoms with Crippen LogP contribution in [-0.4, -0.2) is 41.4 Å². The molecule has 0 spiro atoms. The number of fused-ring (bicyclic) bond motifs is 1. The minimum Gasteiger partial charge on any atom is -0.466 e. The number of ether oxygens (including phenoxy) is 1. The van der Waals surface area contributed by atoms with Crippen LogP contribution in [-0.2, 0) is 20.9 Å². The third-order valence-corrected chi connectivity index (χ3v) is 7.42. The van der Waals surface area contributed by atoms with E-state index in [4.69, 9.17) is 4.74 Å². The molecule has 156 valence electrons. The Morgan fingerprint density at radius 1 is 1.21 bits per heavy atom. The topological polar surface area (TPSA) is 91.1 Å². The van der Waals surface area contributed by atoms with Crippen molar-refractivity contribution in [2.24, 2.45) is 17.8 Å². The van der Waals surface area contributed by atoms with Gasteiger partial charge in [-0.25, -0.2) is 4.68 Å². The highest BCUT2D eigenvalue weighted by Crippen LogP contribution is 2.39. The second kappa shape index (κ2) is 8.57. The summed E-state index contributed by atoms with van der Waals surface area (Å²) >= 11 is 0. The van der Waals surface area contributed by atoms with E-state index < -0.39 is 14.0 Å². The maximum atomic E-state index is 12.9. The Morgan fingerprint density at radius 3 is 2.62 bits per heavy atom. The first-order valence-electron chi connectivity index (χ1n) is 10.2. The first-order chi connectivity index (χ1) is 13.7. The third-order valence-electron chi connectivity index (χ3n) is 5.72. The van der Waals surface area contributed by atoms with E-state index in [1.54, 1.807) is 18.2 Å². The molecule has 2 aromatic rings. The van der Waals surface area contributed by atoms with Gasteiger partial charge in [0.1, 0.15) is 11.3 Å². The van der Waals surface area contributed by atoms with Crippen molar-refractivity contribution in [1.29, 1.82) is 0 Å². The summed E-state index contributed by atoms with van der Waals surface area (Å²) in [5.41, 5.74) is 0.316. The standard InChI is InChI=1S/C21H29N3O4Si/c1-14(25)16-10-9-15(19(16)21(27)28-11-12-29(2,3)4)13-24-20(26)17-7-5-6-8-18(17)22-23-24/h5-8,15-16,19H,9-13H2,1-4H3/t15-,16+,19-/m1/s1. The molecule has 1 aromatic heterocycles. The van der Waals surface area contributed by atoms with Gasteiger partial charge in [-0.3, -0.25) is 14.4 Å². The first-order valence-corrected chi connectivity index (χ1v) is 13.9. The predicted octanol–water partition coefficient (Wildman–Crippen LogP) is 2.90. The van der Waals surface area contributed by atoms with Gasteiger partial charge in [0.25, 0.3) is 5.56 Å². The minimum absolute atomic E-state index is 0.00316. The Bertz CT molecular complexity index is 966. The number of esters is 1. The Labute approximate surface area is 171 Å². The molecule has 3 rings (SSSR count). The average molecular weight is 416 g/mol. The fourth-order valence-electron chi connectivity index (χ4n) is 4.02. The number of carbonyl (C=O) groups excluding carboxylic acids is 2. The average Bonchev–Trinajstić information content (AvgIpc) is 3.07. The van der Waals surface area contributed by atoms with Crippen LogP contribution in [0.15, 0.2) is 29.1 Å². The molecular formula is C21H29N3O4Si. The highest BCUT2D eigenvalue weighted by atomic mass is 28.3. The van der Waals surface area contributed by atoms with Crippen LogP contribution in [0.2, 0.25) is 25.7 Å². The molecular weight excluding hydrogens is 386 g/mol. The highest BCUT2D eigenvalue weighted by molar-refractivity contribution is 6.76. The normalized spacial score (nSPS) is 22.0. The van der Waals surface area contributed by atoms with Crippen LogP contribution < -0.4 is 5.56 Å². The van der Waals surface area contributed by atoms with Gasteiger partial charge in [-0.1, -0.05) is 37.0 Å². The highest BCUT2D eigenvalue weighted by Gasteiger charge is 2.44. The second-order valence-electron chi connectivity index (χ2n) is 9.15. The maximum Gasteiger partial charge on any atom is 0.310 e. The van der Waals surface area contributed by atoms with Gasteiger partial charge in [-0.05, 0) is 43.9 Å². The van der Waals surface area contributed by atoms with Gasteiger partial charge < -0.3 is 4.74 Å². The van der Waals surface area contributed by atoms with Crippen LogP contribution in [0, 0.1) is 17.8 Å². The Morgan fingerprint density at radius 2 is 1.93 bits per heavy atom. The Kier molecular flexibility index (Phi) is 6.31. The minimum atomic E-state index is -1.32. The number of hydrogen-bond acceptors (Lipinski definition) is 6. The van der Waals surface area contributed by atoms with Gasteiger partial charge in [0.15, 0.2) is 0 Å². The Balaban J connectivity index is 1.80. The fraction of sp³-hybridized carbons (Fsp3) is 0.571. The summed E-state index contributed by atoms with van der Waals surface area (Å²) in [7, 11) is -1.32. The smallest absolute Gasteiger partial charge is 0.310 e. The fourth-order valence-corrected chi connectivity index (χ4v) is 4.73. The lowest BCUT2D eigenvalue weighted by Gasteiger charge is -2.23. The van der Waals surface area contributed by atoms with Crippen molar-refractivity contribution in [3.05, 3.63) is 34.6 Å². The number of rotatable bonds is 7. The van der Waals surface area contributed by atoms with Crippen molar-refractivity contribution in [3.63, 3.8) is 0 Å². The summed E-state index contributed by atoms with van der Waals surface area (Å²) in [6, 6.07) is 7.94. The van der Waals surface area contributed by atoms with E-state index in [1.807, 2.05) is 6.07 Å². The molecule has 0 aliphatic heterocycles. The molecule has 0 saturated heterocycles. The zero-order valence-electron chi connectivity index (χ0n) is 17.6. The molecule has 1 aliphatic carbocycles. The van der Waals surface area contributed by atoms with E-state index in [0.29, 0.717) is 30.4 Å². The SMILES string of the molecule is CC(=O)[C@@H]1CC[C@H](Cn2nnc3ccccc3c2=O)[C@H]1C(=O)OCC[Si](C)(C)C. The summed E-state index contributed by atoms with van der Waals surface area (Å²) < 4.78 is 6.89. The van der Waals surface area contributed by atoms with Gasteiger partial charge in [0.2, 0.25) is 0 Å². The van der Waals surface area contributed by atoms with E-state index in [0.717, 1.165) is 6.04 Å². The molecule has 1 saturated carbocycles. The first kappa shape index (κ1) is 21.4. The zero-order valence-corrected chi connectivity index (χ0v) is 18.6. The van der Waals surface area contributed by atoms with E-state index >= 15 is 0 Å². The lowest BCUT2D eigenvalue weighted by atomic mass is 9.87. The summed E-state index contributed by atoms with van der Waals surface area (Å²) in [6.07, 6.45) is 1.31. The van der Waals surface area contributed by atoms with Crippen LogP contribution in [0.1, 0.15) is 19.8 Å². The van der Waals surface area contributed by atoms with Gasteiger partial charge in [-0.15, -0.1) is 5.10 Å². The van der Waals surface area contributed by atoms with Gasteiger partial charge in [0.05, 0.1) is 24.5 Å². The van der Waals surface area contributed by atoms with E-state index in [-0.39, 0.29) is 35.7 Å². The monoisotopic (exact) mass is 415 g/mol. The molecule has 3 atom stereocenters. The largest absolute Gasteiger partial charge is 0.466 e. The molecule has 8 heteroatoms. The van der Waals surface area contributed by atoms with Gasteiger partial charge in [0, 0.05) is 14.0 Å². The molecule has 29 heavy (non-hydrogen) atoms. The molecule has 0 N–H and O–H groups in total. The number of benzene rings is 1. The third kappa shape index (κ3) is 4.98. The van der Waals surface area contributed by atoms with Crippen LogP contribution in [0.5, 0.6) is 0 Å². The van der Waals surface area contributed by atoms with Crippen LogP contribution in [0.3, 0.4) is 0 Å². The van der Waals surface area contributed by atoms with E-state index in [9.17, 15) is 14.4 Å². The summed E-state index contributed by atoms with van der Waals surface area (Å²) in [4.78, 5) is 37.8. The number of carbonyl (C=O) groups is 2. The lowest BCUT2D eigenvalue weighted by Crippen LogP contribution is -2.35. The number of aromatic nitrogens is 3. The van der Waals surface area contributed by atoms with Gasteiger partial charge in [-0.2, -0.15) is 0 Å². The molecule has 1 heterocycles. The number of nitrogens with zero attached hydrogens (tertiary/aromatic N) is 3. The second-order valence-corrected chi connectivity index (χ2v) is 14.8. The van der Waals surface area contributed by atoms with Crippen molar-refractivity contribution in [3.8, 4) is 0 Å². The molecule has 0 bridgehead atoms. The molecule has 0 amide bonds. The van der Waals surface area contributed by atoms with Crippen molar-refractivity contribution < 1.29 is 14.3 Å². The number of hydrogen-bond donors (Lipinski definition) is 0.